The van der Waals surface area contributed by atoms with E-state index in [0.29, 0.717) is 15.8 Å². The molecular formula is C22H26N2OS2. The van der Waals surface area contributed by atoms with Gasteiger partial charge in [0.15, 0.2) is 0 Å². The summed E-state index contributed by atoms with van der Waals surface area (Å²) in [5, 5.41) is 0. The average Bonchev–Trinajstić information content (AvgIpc) is 3.08. The van der Waals surface area contributed by atoms with Crippen molar-refractivity contribution in [3.8, 4) is 5.69 Å². The van der Waals surface area contributed by atoms with Crippen molar-refractivity contribution in [2.45, 2.75) is 47.0 Å². The molecule has 0 saturated carbocycles. The van der Waals surface area contributed by atoms with E-state index in [2.05, 4.69) is 55.7 Å². The number of unbranched alkanes of at least 4 members (excludes halogenated alkanes) is 1. The van der Waals surface area contributed by atoms with Gasteiger partial charge in [0, 0.05) is 23.6 Å². The molecule has 1 fully saturated rings. The zero-order chi connectivity index (χ0) is 19.6. The summed E-state index contributed by atoms with van der Waals surface area (Å²) in [4.78, 5) is 14.8. The van der Waals surface area contributed by atoms with E-state index in [9.17, 15) is 4.79 Å². The molecular weight excluding hydrogens is 372 g/mol. The van der Waals surface area contributed by atoms with Crippen LogP contribution in [0.3, 0.4) is 0 Å². The van der Waals surface area contributed by atoms with E-state index in [1.54, 1.807) is 4.90 Å². The molecule has 1 aromatic carbocycles. The molecule has 0 atom stereocenters. The number of rotatable bonds is 6. The number of benzene rings is 1. The number of carbonyl (C=O) groups is 1. The summed E-state index contributed by atoms with van der Waals surface area (Å²) in [6, 6.07) is 10.9. The van der Waals surface area contributed by atoms with Crippen LogP contribution in [0.2, 0.25) is 0 Å². The van der Waals surface area contributed by atoms with Crippen LogP contribution in [0.5, 0.6) is 0 Å². The smallest absolute Gasteiger partial charge is 0.266 e. The molecule has 5 heteroatoms. The third-order valence-electron chi connectivity index (χ3n) is 4.96. The molecule has 2 heterocycles. The third kappa shape index (κ3) is 4.04. The summed E-state index contributed by atoms with van der Waals surface area (Å²) in [5.74, 6) is 0.0116. The lowest BCUT2D eigenvalue weighted by Crippen LogP contribution is -2.27. The first-order valence-corrected chi connectivity index (χ1v) is 10.7. The quantitative estimate of drug-likeness (QED) is 0.464. The largest absolute Gasteiger partial charge is 0.318 e. The molecule has 1 aromatic heterocycles. The number of thioether (sulfide) groups is 1. The van der Waals surface area contributed by atoms with E-state index in [0.717, 1.165) is 29.1 Å². The molecule has 0 spiro atoms. The van der Waals surface area contributed by atoms with Crippen molar-refractivity contribution in [3.63, 3.8) is 0 Å². The first-order chi connectivity index (χ1) is 13.0. The lowest BCUT2D eigenvalue weighted by molar-refractivity contribution is -0.121. The summed E-state index contributed by atoms with van der Waals surface area (Å²) < 4.78 is 2.89. The predicted octanol–water partition coefficient (Wildman–Crippen LogP) is 5.66. The number of nitrogens with zero attached hydrogens (tertiary/aromatic N) is 2. The van der Waals surface area contributed by atoms with E-state index < -0.39 is 0 Å². The van der Waals surface area contributed by atoms with Crippen molar-refractivity contribution in [2.24, 2.45) is 0 Å². The van der Waals surface area contributed by atoms with Gasteiger partial charge < -0.3 is 4.57 Å². The Hall–Kier alpha value is -1.85. The van der Waals surface area contributed by atoms with E-state index in [1.165, 1.54) is 30.2 Å². The Balaban J connectivity index is 1.90. The monoisotopic (exact) mass is 398 g/mol. The Morgan fingerprint density at radius 1 is 1.15 bits per heavy atom. The minimum Gasteiger partial charge on any atom is -0.318 e. The van der Waals surface area contributed by atoms with E-state index >= 15 is 0 Å². The van der Waals surface area contributed by atoms with Crippen LogP contribution in [0.25, 0.3) is 11.8 Å². The van der Waals surface area contributed by atoms with Crippen LogP contribution in [-0.4, -0.2) is 26.2 Å². The molecule has 3 rings (SSSR count). The normalized spacial score (nSPS) is 16.0. The minimum absolute atomic E-state index is 0.0116. The lowest BCUT2D eigenvalue weighted by Gasteiger charge is -2.11. The zero-order valence-electron chi connectivity index (χ0n) is 16.4. The third-order valence-corrected chi connectivity index (χ3v) is 6.34. The van der Waals surface area contributed by atoms with Gasteiger partial charge in [-0.3, -0.25) is 9.69 Å². The average molecular weight is 399 g/mol. The Bertz CT molecular complexity index is 894. The molecule has 0 unspecified atom stereocenters. The van der Waals surface area contributed by atoms with Crippen LogP contribution in [0, 0.1) is 13.8 Å². The summed E-state index contributed by atoms with van der Waals surface area (Å²) in [7, 11) is 0. The van der Waals surface area contributed by atoms with Gasteiger partial charge in [0.25, 0.3) is 5.91 Å². The maximum Gasteiger partial charge on any atom is 0.266 e. The van der Waals surface area contributed by atoms with Crippen molar-refractivity contribution in [1.29, 1.82) is 0 Å². The van der Waals surface area contributed by atoms with E-state index in [-0.39, 0.29) is 5.91 Å². The van der Waals surface area contributed by atoms with Gasteiger partial charge in [-0.15, -0.1) is 0 Å². The van der Waals surface area contributed by atoms with Crippen molar-refractivity contribution in [2.75, 3.05) is 6.54 Å². The van der Waals surface area contributed by atoms with Crippen LogP contribution in [-0.2, 0) is 11.2 Å². The van der Waals surface area contributed by atoms with Gasteiger partial charge >= 0.3 is 0 Å². The van der Waals surface area contributed by atoms with Crippen LogP contribution < -0.4 is 0 Å². The second-order valence-corrected chi connectivity index (χ2v) is 8.53. The molecule has 1 aliphatic heterocycles. The molecule has 2 aromatic rings. The van der Waals surface area contributed by atoms with Crippen LogP contribution in [0.1, 0.15) is 49.2 Å². The molecule has 27 heavy (non-hydrogen) atoms. The zero-order valence-corrected chi connectivity index (χ0v) is 18.0. The van der Waals surface area contributed by atoms with Crippen molar-refractivity contribution < 1.29 is 4.79 Å². The summed E-state index contributed by atoms with van der Waals surface area (Å²) in [6.07, 6.45) is 5.54. The fraction of sp³-hybridized carbons (Fsp3) is 0.364. The Morgan fingerprint density at radius 2 is 1.85 bits per heavy atom. The minimum atomic E-state index is 0.0116. The predicted molar refractivity (Wildman–Crippen MR) is 119 cm³/mol. The van der Waals surface area contributed by atoms with Crippen molar-refractivity contribution in [3.05, 3.63) is 57.8 Å². The first kappa shape index (κ1) is 19.9. The van der Waals surface area contributed by atoms with Gasteiger partial charge in [0.2, 0.25) is 0 Å². The van der Waals surface area contributed by atoms with Crippen LogP contribution in [0.4, 0.5) is 0 Å². The summed E-state index contributed by atoms with van der Waals surface area (Å²) >= 11 is 6.70. The van der Waals surface area contributed by atoms with E-state index in [4.69, 9.17) is 12.2 Å². The molecule has 1 saturated heterocycles. The van der Waals surface area contributed by atoms with Gasteiger partial charge in [-0.2, -0.15) is 0 Å². The van der Waals surface area contributed by atoms with Crippen LogP contribution in [0.15, 0.2) is 35.2 Å². The molecule has 0 bridgehead atoms. The Morgan fingerprint density at radius 3 is 2.44 bits per heavy atom. The number of carbonyl (C=O) groups excluding carboxylic acids is 1. The molecule has 0 N–H and O–H groups in total. The Kier molecular flexibility index (Phi) is 6.22. The maximum absolute atomic E-state index is 12.5. The van der Waals surface area contributed by atoms with Crippen molar-refractivity contribution >= 4 is 40.3 Å². The molecule has 3 nitrogen and oxygen atoms in total. The highest BCUT2D eigenvalue weighted by atomic mass is 32.2. The fourth-order valence-corrected chi connectivity index (χ4v) is 4.81. The van der Waals surface area contributed by atoms with Gasteiger partial charge in [0.1, 0.15) is 4.32 Å². The molecule has 142 valence electrons. The van der Waals surface area contributed by atoms with E-state index in [1.807, 2.05) is 13.0 Å². The maximum atomic E-state index is 12.5. The number of aryl methyl sites for hydroxylation is 2. The number of hydrogen-bond donors (Lipinski definition) is 0. The van der Waals surface area contributed by atoms with Gasteiger partial charge in [-0.05, 0) is 69.0 Å². The fourth-order valence-electron chi connectivity index (χ4n) is 3.44. The van der Waals surface area contributed by atoms with Gasteiger partial charge in [0.05, 0.1) is 4.91 Å². The Labute approximate surface area is 171 Å². The van der Waals surface area contributed by atoms with Crippen molar-refractivity contribution in [1.82, 2.24) is 9.47 Å². The number of likely N-dealkylation sites (N-methyl/N-ethyl adjacent to an activating group) is 1. The lowest BCUT2D eigenvalue weighted by atomic mass is 10.1. The van der Waals surface area contributed by atoms with Gasteiger partial charge in [-0.25, -0.2) is 0 Å². The summed E-state index contributed by atoms with van der Waals surface area (Å²) in [6.45, 7) is 8.99. The highest BCUT2D eigenvalue weighted by Crippen LogP contribution is 2.33. The number of thiocarbonyl (C=S) groups is 1. The molecule has 0 radical (unpaired) electrons. The first-order valence-electron chi connectivity index (χ1n) is 9.49. The summed E-state index contributed by atoms with van der Waals surface area (Å²) in [5.41, 5.74) is 5.90. The highest BCUT2D eigenvalue weighted by Gasteiger charge is 2.30. The van der Waals surface area contributed by atoms with Crippen LogP contribution >= 0.6 is 24.0 Å². The standard InChI is InChI=1S/C22H26N2OS2/c1-5-7-8-17-9-11-19(12-10-17)24-15(3)13-18(16(24)4)14-20-21(25)23(6-2)22(26)27-20/h9-14H,5-8H2,1-4H3. The number of hydrogen-bond acceptors (Lipinski definition) is 3. The highest BCUT2D eigenvalue weighted by molar-refractivity contribution is 8.26. The number of aromatic nitrogens is 1. The number of amides is 1. The molecule has 1 amide bonds. The second-order valence-electron chi connectivity index (χ2n) is 6.86. The topological polar surface area (TPSA) is 25.2 Å². The SMILES string of the molecule is CCCCc1ccc(-n2c(C)cc(C=C3SC(=S)N(CC)C3=O)c2C)cc1. The molecule has 0 aliphatic carbocycles. The molecule has 1 aliphatic rings. The second kappa shape index (κ2) is 8.44. The van der Waals surface area contributed by atoms with Gasteiger partial charge in [-0.1, -0.05) is 49.5 Å².